The fourth-order valence-electron chi connectivity index (χ4n) is 6.13. The third kappa shape index (κ3) is 2.85. The number of hydrogen-bond donors (Lipinski definition) is 0. The molecule has 3 heterocycles. The standard InChI is InChI=1S/C30H26N2S2/c1-3-21-19(2)29(32-23-13-5-7-15-25(23)33-26-16-8-6-14-24(26)32)20-11-10-18-28-30(20)31(21)22-12-4-9-17-27(22)34-28/h4-19,21,29H,3H2,1-2H3. The molecule has 0 aliphatic carbocycles. The number of rotatable bonds is 2. The van der Waals surface area contributed by atoms with E-state index in [4.69, 9.17) is 0 Å². The van der Waals surface area contributed by atoms with Crippen molar-refractivity contribution in [3.63, 3.8) is 0 Å². The van der Waals surface area contributed by atoms with E-state index in [1.165, 1.54) is 47.9 Å². The van der Waals surface area contributed by atoms with Gasteiger partial charge in [0.15, 0.2) is 0 Å². The van der Waals surface area contributed by atoms with Crippen molar-refractivity contribution in [2.45, 2.75) is 51.9 Å². The summed E-state index contributed by atoms with van der Waals surface area (Å²) in [5, 5.41) is 0. The molecular formula is C30H26N2S2. The highest BCUT2D eigenvalue weighted by Gasteiger charge is 2.46. The van der Waals surface area contributed by atoms with E-state index in [2.05, 4.69) is 115 Å². The van der Waals surface area contributed by atoms with E-state index in [0.29, 0.717) is 12.0 Å². The molecule has 0 N–H and O–H groups in total. The van der Waals surface area contributed by atoms with Crippen molar-refractivity contribution in [1.29, 1.82) is 0 Å². The zero-order valence-electron chi connectivity index (χ0n) is 19.3. The minimum atomic E-state index is 0.269. The lowest BCUT2D eigenvalue weighted by Gasteiger charge is -2.53. The van der Waals surface area contributed by atoms with Crippen molar-refractivity contribution in [3.8, 4) is 0 Å². The Labute approximate surface area is 210 Å². The van der Waals surface area contributed by atoms with Crippen LogP contribution in [0.3, 0.4) is 0 Å². The molecule has 168 valence electrons. The van der Waals surface area contributed by atoms with Gasteiger partial charge in [-0.15, -0.1) is 0 Å². The zero-order chi connectivity index (χ0) is 22.8. The van der Waals surface area contributed by atoms with Crippen LogP contribution >= 0.6 is 23.5 Å². The Balaban J connectivity index is 1.49. The summed E-state index contributed by atoms with van der Waals surface area (Å²) >= 11 is 3.81. The second-order valence-electron chi connectivity index (χ2n) is 9.32. The lowest BCUT2D eigenvalue weighted by molar-refractivity contribution is 0.347. The largest absolute Gasteiger partial charge is 0.336 e. The molecule has 0 spiro atoms. The summed E-state index contributed by atoms with van der Waals surface area (Å²) in [5.41, 5.74) is 6.86. The first kappa shape index (κ1) is 20.5. The molecule has 4 aromatic carbocycles. The summed E-state index contributed by atoms with van der Waals surface area (Å²) in [5.74, 6) is 0.438. The van der Waals surface area contributed by atoms with Crippen molar-refractivity contribution in [2.75, 3.05) is 9.80 Å². The van der Waals surface area contributed by atoms with E-state index < -0.39 is 0 Å². The first-order valence-corrected chi connectivity index (χ1v) is 13.7. The Bertz CT molecular complexity index is 1370. The van der Waals surface area contributed by atoms with Crippen molar-refractivity contribution < 1.29 is 0 Å². The van der Waals surface area contributed by atoms with E-state index in [1.807, 2.05) is 23.5 Å². The first-order chi connectivity index (χ1) is 16.8. The molecule has 3 aliphatic heterocycles. The van der Waals surface area contributed by atoms with Gasteiger partial charge in [0.1, 0.15) is 0 Å². The van der Waals surface area contributed by atoms with Gasteiger partial charge in [-0.05, 0) is 48.9 Å². The molecule has 34 heavy (non-hydrogen) atoms. The highest BCUT2D eigenvalue weighted by atomic mass is 32.2. The average molecular weight is 479 g/mol. The van der Waals surface area contributed by atoms with Gasteiger partial charge in [0.25, 0.3) is 0 Å². The van der Waals surface area contributed by atoms with Gasteiger partial charge in [0.2, 0.25) is 0 Å². The SMILES string of the molecule is CCC1C(C)C(N2c3ccccc3Sc3ccccc32)c2cccc3c2N1c1ccccc1S3. The van der Waals surface area contributed by atoms with Gasteiger partial charge in [-0.2, -0.15) is 0 Å². The van der Waals surface area contributed by atoms with Crippen molar-refractivity contribution in [1.82, 2.24) is 0 Å². The van der Waals surface area contributed by atoms with Crippen molar-refractivity contribution in [3.05, 3.63) is 96.6 Å². The van der Waals surface area contributed by atoms with Crippen LogP contribution in [0.1, 0.15) is 31.9 Å². The maximum atomic E-state index is 2.66. The maximum absolute atomic E-state index is 2.66. The van der Waals surface area contributed by atoms with E-state index in [1.54, 1.807) is 0 Å². The van der Waals surface area contributed by atoms with Crippen LogP contribution in [0.5, 0.6) is 0 Å². The first-order valence-electron chi connectivity index (χ1n) is 12.1. The van der Waals surface area contributed by atoms with Crippen molar-refractivity contribution in [2.24, 2.45) is 5.92 Å². The predicted octanol–water partition coefficient (Wildman–Crippen LogP) is 9.06. The zero-order valence-corrected chi connectivity index (χ0v) is 20.9. The Morgan fingerprint density at radius 1 is 0.618 bits per heavy atom. The second-order valence-corrected chi connectivity index (χ2v) is 11.5. The predicted molar refractivity (Wildman–Crippen MR) is 144 cm³/mol. The van der Waals surface area contributed by atoms with Crippen LogP contribution in [-0.2, 0) is 0 Å². The lowest BCUT2D eigenvalue weighted by Crippen LogP contribution is -2.48. The van der Waals surface area contributed by atoms with Crippen molar-refractivity contribution >= 4 is 46.3 Å². The Kier molecular flexibility index (Phi) is 4.75. The molecule has 4 aromatic rings. The molecule has 0 aromatic heterocycles. The molecular weight excluding hydrogens is 452 g/mol. The molecule has 3 unspecified atom stereocenters. The summed E-state index contributed by atoms with van der Waals surface area (Å²) in [6.07, 6.45) is 1.11. The van der Waals surface area contributed by atoms with Gasteiger partial charge in [0, 0.05) is 37.1 Å². The maximum Gasteiger partial charge on any atom is 0.0658 e. The number of benzene rings is 4. The van der Waals surface area contributed by atoms with E-state index in [-0.39, 0.29) is 6.04 Å². The van der Waals surface area contributed by atoms with Gasteiger partial charge in [-0.3, -0.25) is 0 Å². The monoisotopic (exact) mass is 478 g/mol. The van der Waals surface area contributed by atoms with Crippen LogP contribution in [0.2, 0.25) is 0 Å². The Morgan fingerprint density at radius 2 is 1.12 bits per heavy atom. The summed E-state index contributed by atoms with van der Waals surface area (Å²) in [6, 6.07) is 34.4. The molecule has 0 amide bonds. The molecule has 3 atom stereocenters. The number of hydrogen-bond acceptors (Lipinski definition) is 4. The summed E-state index contributed by atoms with van der Waals surface area (Å²) in [6.45, 7) is 4.82. The van der Waals surface area contributed by atoms with Crippen LogP contribution in [0.15, 0.2) is 111 Å². The Hall–Kier alpha value is -2.82. The summed E-state index contributed by atoms with van der Waals surface area (Å²) in [7, 11) is 0. The smallest absolute Gasteiger partial charge is 0.0658 e. The van der Waals surface area contributed by atoms with Gasteiger partial charge >= 0.3 is 0 Å². The summed E-state index contributed by atoms with van der Waals surface area (Å²) in [4.78, 5) is 10.7. The molecule has 7 rings (SSSR count). The molecule has 0 fully saturated rings. The quantitative estimate of drug-likeness (QED) is 0.283. The normalized spacial score (nSPS) is 21.9. The van der Waals surface area contributed by atoms with E-state index >= 15 is 0 Å². The third-order valence-electron chi connectivity index (χ3n) is 7.54. The second kappa shape index (κ2) is 7.86. The lowest BCUT2D eigenvalue weighted by atomic mass is 9.79. The number of anilines is 4. The summed E-state index contributed by atoms with van der Waals surface area (Å²) < 4.78 is 0. The topological polar surface area (TPSA) is 6.48 Å². The molecule has 0 radical (unpaired) electrons. The van der Waals surface area contributed by atoms with Crippen LogP contribution < -0.4 is 9.80 Å². The van der Waals surface area contributed by atoms with Crippen LogP contribution in [0, 0.1) is 5.92 Å². The van der Waals surface area contributed by atoms with Crippen LogP contribution in [0.25, 0.3) is 0 Å². The molecule has 0 saturated carbocycles. The van der Waals surface area contributed by atoms with Gasteiger partial charge in [-0.1, -0.05) is 85.9 Å². The van der Waals surface area contributed by atoms with Gasteiger partial charge in [-0.25, -0.2) is 0 Å². The molecule has 0 bridgehead atoms. The van der Waals surface area contributed by atoms with Gasteiger partial charge in [0.05, 0.1) is 28.8 Å². The van der Waals surface area contributed by atoms with Crippen LogP contribution in [-0.4, -0.2) is 6.04 Å². The molecule has 4 heteroatoms. The molecule has 2 nitrogen and oxygen atoms in total. The van der Waals surface area contributed by atoms with E-state index in [9.17, 15) is 0 Å². The van der Waals surface area contributed by atoms with E-state index in [0.717, 1.165) is 6.42 Å². The average Bonchev–Trinajstić information content (AvgIpc) is 2.88. The fraction of sp³-hybridized carbons (Fsp3) is 0.200. The highest BCUT2D eigenvalue weighted by Crippen LogP contribution is 2.60. The fourth-order valence-corrected chi connectivity index (χ4v) is 8.32. The van der Waals surface area contributed by atoms with Crippen LogP contribution in [0.4, 0.5) is 22.7 Å². The minimum Gasteiger partial charge on any atom is -0.336 e. The number of nitrogens with zero attached hydrogens (tertiary/aromatic N) is 2. The minimum absolute atomic E-state index is 0.269. The number of fused-ring (bicyclic) bond motifs is 4. The van der Waals surface area contributed by atoms with Gasteiger partial charge < -0.3 is 9.80 Å². The highest BCUT2D eigenvalue weighted by molar-refractivity contribution is 8.00. The Morgan fingerprint density at radius 3 is 1.71 bits per heavy atom. The third-order valence-corrected chi connectivity index (χ3v) is 9.78. The number of para-hydroxylation sites is 4. The molecule has 3 aliphatic rings. The molecule has 0 saturated heterocycles.